The van der Waals surface area contributed by atoms with Crippen LogP contribution in [0.1, 0.15) is 42.2 Å². The Hall–Kier alpha value is -3.77. The van der Waals surface area contributed by atoms with Crippen molar-refractivity contribution in [2.45, 2.75) is 13.5 Å². The Kier molecular flexibility index (Phi) is 5.16. The van der Waals surface area contributed by atoms with Crippen molar-refractivity contribution in [3.05, 3.63) is 94.5 Å². The van der Waals surface area contributed by atoms with E-state index >= 15 is 0 Å². The van der Waals surface area contributed by atoms with E-state index in [1.807, 2.05) is 37.3 Å². The molecule has 150 valence electrons. The van der Waals surface area contributed by atoms with Gasteiger partial charge in [0.05, 0.1) is 23.8 Å². The summed E-state index contributed by atoms with van der Waals surface area (Å²) in [6, 6.07) is 19.5. The number of fused-ring (bicyclic) bond motifs is 1. The number of carbonyl (C=O) groups is 3. The average Bonchev–Trinajstić information content (AvgIpc) is 3.02. The molecule has 1 aliphatic rings. The van der Waals surface area contributed by atoms with Crippen LogP contribution in [0.5, 0.6) is 0 Å². The van der Waals surface area contributed by atoms with Gasteiger partial charge in [0.25, 0.3) is 11.8 Å². The quantitative estimate of drug-likeness (QED) is 0.474. The molecule has 0 fully saturated rings. The second kappa shape index (κ2) is 7.93. The minimum Gasteiger partial charge on any atom is -0.465 e. The molecule has 0 spiro atoms. The van der Waals surface area contributed by atoms with Gasteiger partial charge in [-0.25, -0.2) is 4.79 Å². The van der Waals surface area contributed by atoms with Gasteiger partial charge in [0, 0.05) is 0 Å². The molecule has 1 heterocycles. The van der Waals surface area contributed by atoms with Crippen LogP contribution in [0.4, 0.5) is 0 Å². The summed E-state index contributed by atoms with van der Waals surface area (Å²) >= 11 is 0. The van der Waals surface area contributed by atoms with Gasteiger partial charge in [0.2, 0.25) is 0 Å². The number of imide groups is 1. The molecule has 0 unspecified atom stereocenters. The molecule has 3 aromatic carbocycles. The van der Waals surface area contributed by atoms with Crippen LogP contribution in [0.3, 0.4) is 0 Å². The molecule has 30 heavy (non-hydrogen) atoms. The number of carbonyl (C=O) groups excluding carboxylic acids is 3. The van der Waals surface area contributed by atoms with E-state index in [-0.39, 0.29) is 6.61 Å². The molecule has 4 rings (SSSR count). The highest BCUT2D eigenvalue weighted by Crippen LogP contribution is 2.29. The molecular weight excluding hydrogens is 382 g/mol. The van der Waals surface area contributed by atoms with Crippen molar-refractivity contribution in [2.75, 3.05) is 7.11 Å². The van der Waals surface area contributed by atoms with E-state index in [1.165, 1.54) is 7.11 Å². The number of hydrogen-bond donors (Lipinski definition) is 0. The van der Waals surface area contributed by atoms with Crippen molar-refractivity contribution in [1.82, 2.24) is 5.06 Å². The van der Waals surface area contributed by atoms with Crippen molar-refractivity contribution in [1.29, 1.82) is 0 Å². The fourth-order valence-corrected chi connectivity index (χ4v) is 3.49. The Morgan fingerprint density at radius 1 is 0.833 bits per heavy atom. The molecule has 0 radical (unpaired) electrons. The second-order valence-corrected chi connectivity index (χ2v) is 6.91. The smallest absolute Gasteiger partial charge is 0.338 e. The highest BCUT2D eigenvalue weighted by Gasteiger charge is 2.36. The van der Waals surface area contributed by atoms with E-state index in [1.54, 1.807) is 36.4 Å². The third kappa shape index (κ3) is 3.38. The maximum Gasteiger partial charge on any atom is 0.338 e. The Morgan fingerprint density at radius 2 is 1.43 bits per heavy atom. The van der Waals surface area contributed by atoms with Crippen LogP contribution in [-0.4, -0.2) is 30.0 Å². The lowest BCUT2D eigenvalue weighted by Gasteiger charge is -2.16. The van der Waals surface area contributed by atoms with E-state index in [0.29, 0.717) is 27.8 Å². The Labute approximate surface area is 173 Å². The molecule has 0 saturated carbocycles. The fourth-order valence-electron chi connectivity index (χ4n) is 3.49. The van der Waals surface area contributed by atoms with E-state index in [0.717, 1.165) is 16.2 Å². The first-order valence-corrected chi connectivity index (χ1v) is 9.39. The van der Waals surface area contributed by atoms with Gasteiger partial charge in [-0.3, -0.25) is 14.4 Å². The largest absolute Gasteiger partial charge is 0.465 e. The Morgan fingerprint density at radius 3 is 2.03 bits per heavy atom. The number of amides is 2. The zero-order valence-electron chi connectivity index (χ0n) is 16.5. The average molecular weight is 401 g/mol. The first-order valence-electron chi connectivity index (χ1n) is 9.39. The summed E-state index contributed by atoms with van der Waals surface area (Å²) in [6.45, 7) is 1.95. The topological polar surface area (TPSA) is 72.9 Å². The van der Waals surface area contributed by atoms with Crippen LogP contribution in [0.25, 0.3) is 11.1 Å². The number of benzene rings is 3. The van der Waals surface area contributed by atoms with Crippen LogP contribution < -0.4 is 0 Å². The lowest BCUT2D eigenvalue weighted by Crippen LogP contribution is -2.29. The predicted octanol–water partition coefficient (Wildman–Crippen LogP) is 4.18. The number of nitrogens with zero attached hydrogens (tertiary/aromatic N) is 1. The Balaban J connectivity index is 1.63. The van der Waals surface area contributed by atoms with E-state index in [9.17, 15) is 14.4 Å². The summed E-state index contributed by atoms with van der Waals surface area (Å²) in [7, 11) is 1.34. The molecule has 2 amide bonds. The number of hydroxylamine groups is 2. The van der Waals surface area contributed by atoms with Gasteiger partial charge in [-0.15, -0.1) is 5.06 Å². The number of aryl methyl sites for hydroxylation is 1. The standard InChI is InChI=1S/C24H19NO5/c1-15-7-3-4-8-17(15)21-13-16(11-12-20(21)24(28)29-2)14-30-25-22(26)18-9-5-6-10-19(18)23(25)27/h3-13H,14H2,1-2H3. The van der Waals surface area contributed by atoms with E-state index < -0.39 is 17.8 Å². The highest BCUT2D eigenvalue weighted by molar-refractivity contribution is 6.20. The van der Waals surface area contributed by atoms with Gasteiger partial charge >= 0.3 is 5.97 Å². The highest BCUT2D eigenvalue weighted by atomic mass is 16.7. The van der Waals surface area contributed by atoms with Crippen molar-refractivity contribution < 1.29 is 24.0 Å². The molecule has 6 nitrogen and oxygen atoms in total. The number of rotatable bonds is 5. The van der Waals surface area contributed by atoms with Gasteiger partial charge in [0.15, 0.2) is 0 Å². The molecule has 3 aromatic rings. The third-order valence-electron chi connectivity index (χ3n) is 5.04. The number of hydrogen-bond acceptors (Lipinski definition) is 5. The van der Waals surface area contributed by atoms with Gasteiger partial charge < -0.3 is 4.74 Å². The molecule has 0 atom stereocenters. The first-order chi connectivity index (χ1) is 14.5. The van der Waals surface area contributed by atoms with Gasteiger partial charge in [0.1, 0.15) is 6.61 Å². The van der Waals surface area contributed by atoms with Crippen LogP contribution >= 0.6 is 0 Å². The summed E-state index contributed by atoms with van der Waals surface area (Å²) in [5.74, 6) is -1.41. The van der Waals surface area contributed by atoms with Crippen LogP contribution in [0, 0.1) is 6.92 Å². The third-order valence-corrected chi connectivity index (χ3v) is 5.04. The van der Waals surface area contributed by atoms with Crippen molar-refractivity contribution in [3.8, 4) is 11.1 Å². The predicted molar refractivity (Wildman–Crippen MR) is 110 cm³/mol. The van der Waals surface area contributed by atoms with Gasteiger partial charge in [-0.2, -0.15) is 0 Å². The number of ether oxygens (including phenoxy) is 1. The van der Waals surface area contributed by atoms with Crippen molar-refractivity contribution >= 4 is 17.8 Å². The molecule has 0 bridgehead atoms. The van der Waals surface area contributed by atoms with Crippen LogP contribution in [-0.2, 0) is 16.2 Å². The van der Waals surface area contributed by atoms with Crippen molar-refractivity contribution in [2.24, 2.45) is 0 Å². The monoisotopic (exact) mass is 401 g/mol. The normalized spacial score (nSPS) is 12.8. The van der Waals surface area contributed by atoms with E-state index in [4.69, 9.17) is 9.57 Å². The van der Waals surface area contributed by atoms with E-state index in [2.05, 4.69) is 0 Å². The first kappa shape index (κ1) is 19.5. The summed E-state index contributed by atoms with van der Waals surface area (Å²) in [5.41, 5.74) is 4.37. The summed E-state index contributed by atoms with van der Waals surface area (Å²) < 4.78 is 4.92. The zero-order valence-corrected chi connectivity index (χ0v) is 16.5. The lowest BCUT2D eigenvalue weighted by molar-refractivity contribution is -0.101. The summed E-state index contributed by atoms with van der Waals surface area (Å²) in [4.78, 5) is 42.7. The molecule has 0 saturated heterocycles. The lowest BCUT2D eigenvalue weighted by atomic mass is 9.94. The zero-order chi connectivity index (χ0) is 21.3. The second-order valence-electron chi connectivity index (χ2n) is 6.91. The fraction of sp³-hybridized carbons (Fsp3) is 0.125. The minimum atomic E-state index is -0.485. The molecule has 0 aromatic heterocycles. The number of methoxy groups -OCH3 is 1. The molecule has 0 aliphatic carbocycles. The minimum absolute atomic E-state index is 0.00813. The van der Waals surface area contributed by atoms with Gasteiger partial charge in [-0.05, 0) is 53.4 Å². The van der Waals surface area contributed by atoms with Crippen LogP contribution in [0.2, 0.25) is 0 Å². The SMILES string of the molecule is COC(=O)c1ccc(CON2C(=O)c3ccccc3C2=O)cc1-c1ccccc1C. The number of esters is 1. The van der Waals surface area contributed by atoms with Crippen LogP contribution in [0.15, 0.2) is 66.7 Å². The molecule has 6 heteroatoms. The van der Waals surface area contributed by atoms with Crippen molar-refractivity contribution in [3.63, 3.8) is 0 Å². The maximum absolute atomic E-state index is 12.5. The molecular formula is C24H19NO5. The Bertz CT molecular complexity index is 1130. The molecule has 0 N–H and O–H groups in total. The molecule has 1 aliphatic heterocycles. The summed E-state index contributed by atoms with van der Waals surface area (Å²) in [5, 5.41) is 0.784. The van der Waals surface area contributed by atoms with Gasteiger partial charge in [-0.1, -0.05) is 42.5 Å². The summed E-state index contributed by atoms with van der Waals surface area (Å²) in [6.07, 6.45) is 0. The maximum atomic E-state index is 12.5.